The summed E-state index contributed by atoms with van der Waals surface area (Å²) in [6.45, 7) is 2.88. The molecular weight excluding hydrogens is 574 g/mol. The monoisotopic (exact) mass is 608 g/mol. The number of Topliss-reactive ketones (excluding diaryl/α,β-unsaturated/α-hetero) is 1. The summed E-state index contributed by atoms with van der Waals surface area (Å²) < 4.78 is 60.4. The van der Waals surface area contributed by atoms with Gasteiger partial charge in [0.25, 0.3) is 5.91 Å². The fraction of sp³-hybridized carbons (Fsp3) is 0.333. The van der Waals surface area contributed by atoms with Crippen molar-refractivity contribution in [2.75, 3.05) is 23.8 Å². The van der Waals surface area contributed by atoms with Crippen LogP contribution in [0, 0.1) is 5.82 Å². The number of hydrogen-bond acceptors (Lipinski definition) is 5. The first-order valence-electron chi connectivity index (χ1n) is 14.3. The highest BCUT2D eigenvalue weighted by molar-refractivity contribution is 7.92. The Morgan fingerprint density at radius 1 is 1.05 bits per heavy atom. The summed E-state index contributed by atoms with van der Waals surface area (Å²) in [4.78, 5) is 26.5. The fourth-order valence-corrected chi connectivity index (χ4v) is 6.47. The van der Waals surface area contributed by atoms with Crippen LogP contribution in [0.1, 0.15) is 66.7 Å². The van der Waals surface area contributed by atoms with E-state index in [0.717, 1.165) is 29.8 Å². The number of fused-ring (bicyclic) bond motifs is 1. The van der Waals surface area contributed by atoms with Crippen LogP contribution in [0.2, 0.25) is 0 Å². The molecular formula is C33H34F2N2O5S. The maximum atomic E-state index is 13.7. The SMILES string of the molecule is CCC(=O)c1c(-c2ccc(F)cc2)oc2cc(N(CCCF)S(C)(=O)=O)c(-c3cccc(C(=O)NC4(C)CCC4)c3)cc12. The lowest BCUT2D eigenvalue weighted by atomic mass is 9.78. The molecule has 3 aromatic carbocycles. The number of anilines is 1. The molecule has 1 heterocycles. The number of sulfonamides is 1. The maximum Gasteiger partial charge on any atom is 0.251 e. The number of alkyl halides is 1. The molecule has 1 N–H and O–H groups in total. The number of benzene rings is 3. The van der Waals surface area contributed by atoms with Gasteiger partial charge in [-0.3, -0.25) is 18.3 Å². The van der Waals surface area contributed by atoms with Crippen molar-refractivity contribution in [3.05, 3.63) is 77.6 Å². The zero-order chi connectivity index (χ0) is 30.9. The van der Waals surface area contributed by atoms with Crippen molar-refractivity contribution in [3.8, 4) is 22.5 Å². The number of amides is 1. The number of carbonyl (C=O) groups excluding carboxylic acids is 2. The number of nitrogens with one attached hydrogen (secondary N) is 1. The summed E-state index contributed by atoms with van der Waals surface area (Å²) in [6, 6.07) is 15.6. The molecule has 1 aromatic heterocycles. The summed E-state index contributed by atoms with van der Waals surface area (Å²) in [7, 11) is -3.88. The Morgan fingerprint density at radius 2 is 1.77 bits per heavy atom. The predicted octanol–water partition coefficient (Wildman–Crippen LogP) is 7.30. The molecule has 10 heteroatoms. The highest BCUT2D eigenvalue weighted by Gasteiger charge is 2.33. The zero-order valence-corrected chi connectivity index (χ0v) is 25.2. The Hall–Kier alpha value is -4.05. The van der Waals surface area contributed by atoms with Gasteiger partial charge in [0, 0.05) is 46.6 Å². The van der Waals surface area contributed by atoms with Gasteiger partial charge in [-0.25, -0.2) is 12.8 Å². The Balaban J connectivity index is 1.75. The lowest BCUT2D eigenvalue weighted by Crippen LogP contribution is -2.50. The molecule has 0 radical (unpaired) electrons. The van der Waals surface area contributed by atoms with E-state index in [1.165, 1.54) is 30.3 Å². The normalized spacial score (nSPS) is 14.3. The molecule has 1 aliphatic rings. The van der Waals surface area contributed by atoms with Crippen LogP contribution in [0.15, 0.2) is 65.1 Å². The van der Waals surface area contributed by atoms with Crippen LogP contribution in [-0.2, 0) is 10.0 Å². The molecule has 1 fully saturated rings. The second kappa shape index (κ2) is 11.9. The number of halogens is 2. The van der Waals surface area contributed by atoms with Crippen LogP contribution in [0.3, 0.4) is 0 Å². The third-order valence-electron chi connectivity index (χ3n) is 7.98. The molecule has 43 heavy (non-hydrogen) atoms. The molecule has 0 bridgehead atoms. The van der Waals surface area contributed by atoms with Gasteiger partial charge >= 0.3 is 0 Å². The van der Waals surface area contributed by atoms with E-state index in [1.54, 1.807) is 37.3 Å². The van der Waals surface area contributed by atoms with Crippen LogP contribution in [0.4, 0.5) is 14.5 Å². The van der Waals surface area contributed by atoms with E-state index in [4.69, 9.17) is 4.42 Å². The highest BCUT2D eigenvalue weighted by atomic mass is 32.2. The van der Waals surface area contributed by atoms with Gasteiger partial charge in [-0.15, -0.1) is 0 Å². The van der Waals surface area contributed by atoms with Gasteiger partial charge in [-0.2, -0.15) is 0 Å². The Bertz CT molecular complexity index is 1790. The molecule has 7 nitrogen and oxygen atoms in total. The summed E-state index contributed by atoms with van der Waals surface area (Å²) >= 11 is 0. The highest BCUT2D eigenvalue weighted by Crippen LogP contribution is 2.42. The molecule has 1 aliphatic carbocycles. The standard InChI is InChI=1S/C33H34F2N2O5S/c1-4-28(38)30-26-19-25(22-8-5-9-23(18-22)32(39)36-33(2)14-6-15-33)27(37(17-7-16-34)43(3,40)41)20-29(26)42-31(30)21-10-12-24(35)13-11-21/h5,8-13,18-20H,4,6-7,14-17H2,1-3H3,(H,36,39). The number of carbonyl (C=O) groups is 2. The minimum absolute atomic E-state index is 0.0376. The number of hydrogen-bond donors (Lipinski definition) is 1. The van der Waals surface area contributed by atoms with Gasteiger partial charge in [-0.1, -0.05) is 19.1 Å². The average Bonchev–Trinajstić information content (AvgIpc) is 3.33. The molecule has 4 aromatic rings. The minimum atomic E-state index is -3.88. The van der Waals surface area contributed by atoms with E-state index >= 15 is 0 Å². The summed E-state index contributed by atoms with van der Waals surface area (Å²) in [6.07, 6.45) is 4.00. The molecule has 1 saturated carbocycles. The van der Waals surface area contributed by atoms with Crippen molar-refractivity contribution in [3.63, 3.8) is 0 Å². The van der Waals surface area contributed by atoms with Gasteiger partial charge < -0.3 is 9.73 Å². The summed E-state index contributed by atoms with van der Waals surface area (Å²) in [5.74, 6) is -0.662. The van der Waals surface area contributed by atoms with E-state index in [1.807, 2.05) is 6.92 Å². The lowest BCUT2D eigenvalue weighted by molar-refractivity contribution is 0.0850. The molecule has 5 rings (SSSR count). The van der Waals surface area contributed by atoms with Crippen molar-refractivity contribution in [1.82, 2.24) is 5.32 Å². The Kier molecular flexibility index (Phi) is 8.42. The molecule has 0 atom stereocenters. The van der Waals surface area contributed by atoms with Crippen LogP contribution in [0.25, 0.3) is 33.4 Å². The number of ketones is 1. The summed E-state index contributed by atoms with van der Waals surface area (Å²) in [5, 5.41) is 3.54. The average molecular weight is 609 g/mol. The van der Waals surface area contributed by atoms with E-state index < -0.39 is 22.5 Å². The maximum absolute atomic E-state index is 13.7. The molecule has 1 amide bonds. The van der Waals surface area contributed by atoms with E-state index in [9.17, 15) is 26.8 Å². The topological polar surface area (TPSA) is 96.7 Å². The number of nitrogens with zero attached hydrogens (tertiary/aromatic N) is 1. The van der Waals surface area contributed by atoms with Crippen molar-refractivity contribution >= 4 is 38.4 Å². The van der Waals surface area contributed by atoms with Gasteiger partial charge in [0.1, 0.15) is 17.2 Å². The second-order valence-electron chi connectivity index (χ2n) is 11.3. The summed E-state index contributed by atoms with van der Waals surface area (Å²) in [5.41, 5.74) is 2.35. The molecule has 0 spiro atoms. The first-order valence-corrected chi connectivity index (χ1v) is 16.2. The van der Waals surface area contributed by atoms with E-state index in [-0.39, 0.29) is 53.6 Å². The largest absolute Gasteiger partial charge is 0.455 e. The van der Waals surface area contributed by atoms with Crippen LogP contribution < -0.4 is 9.62 Å². The first kappa shape index (κ1) is 30.4. The van der Waals surface area contributed by atoms with E-state index in [2.05, 4.69) is 5.32 Å². The molecule has 0 unspecified atom stereocenters. The van der Waals surface area contributed by atoms with Crippen molar-refractivity contribution < 1.29 is 31.2 Å². The van der Waals surface area contributed by atoms with Crippen LogP contribution in [-0.4, -0.2) is 45.1 Å². The molecule has 226 valence electrons. The smallest absolute Gasteiger partial charge is 0.251 e. The predicted molar refractivity (Wildman–Crippen MR) is 164 cm³/mol. The Labute approximate surface area is 249 Å². The van der Waals surface area contributed by atoms with Gasteiger partial charge in [0.2, 0.25) is 10.0 Å². The Morgan fingerprint density at radius 3 is 2.37 bits per heavy atom. The van der Waals surface area contributed by atoms with Gasteiger partial charge in [-0.05, 0) is 80.6 Å². The van der Waals surface area contributed by atoms with Crippen LogP contribution in [0.5, 0.6) is 0 Å². The van der Waals surface area contributed by atoms with Crippen molar-refractivity contribution in [2.24, 2.45) is 0 Å². The molecule has 0 aliphatic heterocycles. The van der Waals surface area contributed by atoms with Gasteiger partial charge in [0.05, 0.1) is 24.2 Å². The number of furan rings is 1. The number of rotatable bonds is 11. The van der Waals surface area contributed by atoms with E-state index in [0.29, 0.717) is 33.2 Å². The zero-order valence-electron chi connectivity index (χ0n) is 24.4. The second-order valence-corrected chi connectivity index (χ2v) is 13.2. The fourth-order valence-electron chi connectivity index (χ4n) is 5.50. The van der Waals surface area contributed by atoms with Gasteiger partial charge in [0.15, 0.2) is 5.78 Å². The lowest BCUT2D eigenvalue weighted by Gasteiger charge is -2.39. The first-order chi connectivity index (χ1) is 20.4. The third-order valence-corrected chi connectivity index (χ3v) is 9.16. The van der Waals surface area contributed by atoms with Crippen molar-refractivity contribution in [2.45, 2.75) is 51.5 Å². The van der Waals surface area contributed by atoms with Crippen molar-refractivity contribution in [1.29, 1.82) is 0 Å². The minimum Gasteiger partial charge on any atom is -0.455 e. The molecule has 0 saturated heterocycles. The quantitative estimate of drug-likeness (QED) is 0.180. The third kappa shape index (κ3) is 6.20. The van der Waals surface area contributed by atoms with Crippen LogP contribution >= 0.6 is 0 Å².